The van der Waals surface area contributed by atoms with Gasteiger partial charge in [-0.05, 0) is 31.9 Å². The van der Waals surface area contributed by atoms with Crippen LogP contribution in [0.1, 0.15) is 44.4 Å². The molecular formula is C21H23N3O6. The Bertz CT molecular complexity index is 974. The zero-order valence-corrected chi connectivity index (χ0v) is 16.6. The molecule has 2 aromatic rings. The summed E-state index contributed by atoms with van der Waals surface area (Å²) in [4.78, 5) is 49.7. The topological polar surface area (TPSA) is 118 Å². The summed E-state index contributed by atoms with van der Waals surface area (Å²) in [6.07, 6.45) is 2.86. The van der Waals surface area contributed by atoms with Gasteiger partial charge in [0.25, 0.3) is 11.8 Å². The Morgan fingerprint density at radius 3 is 2.73 bits per heavy atom. The van der Waals surface area contributed by atoms with Crippen molar-refractivity contribution >= 4 is 34.8 Å². The molecule has 0 radical (unpaired) electrons. The van der Waals surface area contributed by atoms with E-state index < -0.39 is 48.5 Å². The second-order valence-corrected chi connectivity index (χ2v) is 7.75. The standard InChI is InChI=1S/C21H23N3O6/c1-13(16-10-14-6-2-3-7-15(14)30-16)22-17(25)12-29-18(26)11-24-19(27)21(23-20(24)28)8-4-5-9-21/h2-3,6-7,10,13H,4-5,8-9,11-12H2,1H3,(H,22,25)(H,23,28)/t13-/m1/s1. The molecule has 30 heavy (non-hydrogen) atoms. The van der Waals surface area contributed by atoms with E-state index in [1.165, 1.54) is 0 Å². The number of hydrogen-bond donors (Lipinski definition) is 2. The summed E-state index contributed by atoms with van der Waals surface area (Å²) < 4.78 is 10.7. The molecule has 0 unspecified atom stereocenters. The van der Waals surface area contributed by atoms with E-state index in [9.17, 15) is 19.2 Å². The highest BCUT2D eigenvalue weighted by atomic mass is 16.5. The van der Waals surface area contributed by atoms with Gasteiger partial charge in [0.15, 0.2) is 6.61 Å². The van der Waals surface area contributed by atoms with E-state index >= 15 is 0 Å². The zero-order valence-electron chi connectivity index (χ0n) is 16.6. The van der Waals surface area contributed by atoms with E-state index in [0.29, 0.717) is 24.2 Å². The number of furan rings is 1. The van der Waals surface area contributed by atoms with Gasteiger partial charge < -0.3 is 19.8 Å². The Balaban J connectivity index is 1.27. The van der Waals surface area contributed by atoms with Gasteiger partial charge in [-0.25, -0.2) is 4.79 Å². The summed E-state index contributed by atoms with van der Waals surface area (Å²) in [5.41, 5.74) is -0.162. The number of esters is 1. The summed E-state index contributed by atoms with van der Waals surface area (Å²) in [5, 5.41) is 6.31. The predicted octanol–water partition coefficient (Wildman–Crippen LogP) is 2.02. The second kappa shape index (κ2) is 7.81. The molecule has 9 heteroatoms. The third kappa shape index (κ3) is 3.74. The van der Waals surface area contributed by atoms with Crippen LogP contribution in [0.5, 0.6) is 0 Å². The third-order valence-electron chi connectivity index (χ3n) is 5.60. The first-order valence-electron chi connectivity index (χ1n) is 9.95. The lowest BCUT2D eigenvalue weighted by Crippen LogP contribution is -2.44. The van der Waals surface area contributed by atoms with E-state index in [4.69, 9.17) is 9.15 Å². The van der Waals surface area contributed by atoms with Crippen LogP contribution in [0.25, 0.3) is 11.0 Å². The third-order valence-corrected chi connectivity index (χ3v) is 5.60. The molecule has 4 amide bonds. The SMILES string of the molecule is C[C@@H](NC(=O)COC(=O)CN1C(=O)NC2(CCCC2)C1=O)c1cc2ccccc2o1. The second-order valence-electron chi connectivity index (χ2n) is 7.75. The number of ether oxygens (including phenoxy) is 1. The normalized spacial score (nSPS) is 18.6. The fourth-order valence-corrected chi connectivity index (χ4v) is 4.03. The van der Waals surface area contributed by atoms with Gasteiger partial charge in [-0.2, -0.15) is 0 Å². The smallest absolute Gasteiger partial charge is 0.326 e. The van der Waals surface area contributed by atoms with E-state index in [1.54, 1.807) is 6.92 Å². The average molecular weight is 413 g/mol. The summed E-state index contributed by atoms with van der Waals surface area (Å²) in [6, 6.07) is 8.31. The van der Waals surface area contributed by atoms with Crippen LogP contribution >= 0.6 is 0 Å². The fraction of sp³-hybridized carbons (Fsp3) is 0.429. The van der Waals surface area contributed by atoms with Crippen LogP contribution in [0.15, 0.2) is 34.7 Å². The van der Waals surface area contributed by atoms with Gasteiger partial charge in [-0.15, -0.1) is 0 Å². The van der Waals surface area contributed by atoms with Crippen molar-refractivity contribution in [2.75, 3.05) is 13.2 Å². The number of carbonyl (C=O) groups excluding carboxylic acids is 4. The van der Waals surface area contributed by atoms with Crippen molar-refractivity contribution < 1.29 is 28.3 Å². The first kappa shape index (κ1) is 19.9. The van der Waals surface area contributed by atoms with E-state index in [1.807, 2.05) is 30.3 Å². The predicted molar refractivity (Wildman–Crippen MR) is 105 cm³/mol. The number of benzene rings is 1. The van der Waals surface area contributed by atoms with Crippen molar-refractivity contribution in [3.05, 3.63) is 36.1 Å². The highest BCUT2D eigenvalue weighted by Gasteiger charge is 2.52. The molecule has 1 aliphatic heterocycles. The molecule has 158 valence electrons. The maximum Gasteiger partial charge on any atom is 0.326 e. The molecule has 0 bridgehead atoms. The maximum absolute atomic E-state index is 12.5. The van der Waals surface area contributed by atoms with Gasteiger partial charge in [0, 0.05) is 5.39 Å². The van der Waals surface area contributed by atoms with Crippen molar-refractivity contribution in [2.24, 2.45) is 0 Å². The van der Waals surface area contributed by atoms with Crippen LogP contribution in [-0.4, -0.2) is 47.4 Å². The van der Waals surface area contributed by atoms with E-state index in [0.717, 1.165) is 23.1 Å². The Morgan fingerprint density at radius 2 is 2.00 bits per heavy atom. The van der Waals surface area contributed by atoms with Crippen LogP contribution < -0.4 is 10.6 Å². The van der Waals surface area contributed by atoms with Crippen molar-refractivity contribution in [3.63, 3.8) is 0 Å². The summed E-state index contributed by atoms with van der Waals surface area (Å²) in [6.45, 7) is 0.725. The number of para-hydroxylation sites is 1. The minimum absolute atomic E-state index is 0.398. The first-order chi connectivity index (χ1) is 14.4. The molecule has 1 aromatic heterocycles. The number of nitrogens with one attached hydrogen (secondary N) is 2. The van der Waals surface area contributed by atoms with E-state index in [2.05, 4.69) is 10.6 Å². The Labute approximate surface area is 172 Å². The molecule has 2 heterocycles. The molecule has 4 rings (SSSR count). The Hall–Kier alpha value is -3.36. The molecule has 1 atom stereocenters. The van der Waals surface area contributed by atoms with Crippen molar-refractivity contribution in [1.29, 1.82) is 0 Å². The van der Waals surface area contributed by atoms with Gasteiger partial charge in [-0.1, -0.05) is 31.0 Å². The Kier molecular flexibility index (Phi) is 5.19. The quantitative estimate of drug-likeness (QED) is 0.553. The number of amides is 4. The summed E-state index contributed by atoms with van der Waals surface area (Å²) in [7, 11) is 0. The molecule has 1 saturated carbocycles. The molecule has 2 aliphatic rings. The van der Waals surface area contributed by atoms with Crippen LogP contribution in [-0.2, 0) is 19.1 Å². The van der Waals surface area contributed by atoms with Crippen LogP contribution in [0.3, 0.4) is 0 Å². The van der Waals surface area contributed by atoms with Gasteiger partial charge in [-0.3, -0.25) is 19.3 Å². The molecule has 1 spiro atoms. The zero-order chi connectivity index (χ0) is 21.3. The minimum atomic E-state index is -0.878. The molecule has 1 aliphatic carbocycles. The molecule has 2 fully saturated rings. The molecule has 1 aromatic carbocycles. The molecule has 2 N–H and O–H groups in total. The lowest BCUT2D eigenvalue weighted by atomic mass is 9.98. The van der Waals surface area contributed by atoms with Gasteiger partial charge in [0.2, 0.25) is 0 Å². The van der Waals surface area contributed by atoms with Crippen molar-refractivity contribution in [3.8, 4) is 0 Å². The maximum atomic E-state index is 12.5. The number of nitrogens with zero attached hydrogens (tertiary/aromatic N) is 1. The van der Waals surface area contributed by atoms with Gasteiger partial charge in [0.1, 0.15) is 23.4 Å². The highest BCUT2D eigenvalue weighted by Crippen LogP contribution is 2.34. The number of rotatable bonds is 6. The van der Waals surface area contributed by atoms with E-state index in [-0.39, 0.29) is 0 Å². The average Bonchev–Trinajstić information content (AvgIpc) is 3.42. The van der Waals surface area contributed by atoms with Crippen LogP contribution in [0, 0.1) is 0 Å². The van der Waals surface area contributed by atoms with Gasteiger partial charge in [0.05, 0.1) is 6.04 Å². The largest absolute Gasteiger partial charge is 0.459 e. The number of carbonyl (C=O) groups is 4. The van der Waals surface area contributed by atoms with Crippen LogP contribution in [0.2, 0.25) is 0 Å². The van der Waals surface area contributed by atoms with Gasteiger partial charge >= 0.3 is 12.0 Å². The minimum Gasteiger partial charge on any atom is -0.459 e. The van der Waals surface area contributed by atoms with Crippen molar-refractivity contribution in [2.45, 2.75) is 44.2 Å². The first-order valence-corrected chi connectivity index (χ1v) is 9.95. The number of fused-ring (bicyclic) bond motifs is 1. The molecule has 1 saturated heterocycles. The lowest BCUT2D eigenvalue weighted by molar-refractivity contribution is -0.151. The monoisotopic (exact) mass is 413 g/mol. The summed E-state index contributed by atoms with van der Waals surface area (Å²) in [5.74, 6) is -1.15. The fourth-order valence-electron chi connectivity index (χ4n) is 4.03. The molecular weight excluding hydrogens is 390 g/mol. The van der Waals surface area contributed by atoms with Crippen molar-refractivity contribution in [1.82, 2.24) is 15.5 Å². The lowest BCUT2D eigenvalue weighted by Gasteiger charge is -2.19. The number of imide groups is 1. The molecule has 9 nitrogen and oxygen atoms in total. The summed E-state index contributed by atoms with van der Waals surface area (Å²) >= 11 is 0. The Morgan fingerprint density at radius 1 is 1.27 bits per heavy atom. The highest BCUT2D eigenvalue weighted by molar-refractivity contribution is 6.08. The van der Waals surface area contributed by atoms with Crippen LogP contribution in [0.4, 0.5) is 4.79 Å². The number of urea groups is 1. The number of hydrogen-bond acceptors (Lipinski definition) is 6.